The van der Waals surface area contributed by atoms with Crippen LogP contribution in [0.3, 0.4) is 0 Å². The van der Waals surface area contributed by atoms with Gasteiger partial charge in [0.15, 0.2) is 5.82 Å². The summed E-state index contributed by atoms with van der Waals surface area (Å²) in [4.78, 5) is 10.8. The van der Waals surface area contributed by atoms with Gasteiger partial charge in [-0.15, -0.1) is 0 Å². The second-order valence-corrected chi connectivity index (χ2v) is 15.0. The van der Waals surface area contributed by atoms with Crippen LogP contribution in [0, 0.1) is 0 Å². The summed E-state index contributed by atoms with van der Waals surface area (Å²) >= 11 is 0. The molecule has 0 aliphatic rings. The third-order valence-electron chi connectivity index (χ3n) is 11.6. The highest BCUT2D eigenvalue weighted by Gasteiger charge is 2.19. The molecule has 0 aliphatic heterocycles. The third kappa shape index (κ3) is 5.16. The first-order chi connectivity index (χ1) is 28.7. The highest BCUT2D eigenvalue weighted by Crippen LogP contribution is 2.41. The first-order valence-electron chi connectivity index (χ1n) is 19.6. The maximum absolute atomic E-state index is 6.22. The zero-order valence-corrected chi connectivity index (χ0v) is 31.3. The highest BCUT2D eigenvalue weighted by molar-refractivity contribution is 6.14. The monoisotopic (exact) mass is 739 g/mol. The average molecular weight is 740 g/mol. The number of nitrogens with zero attached hydrogens (tertiary/aromatic N) is 3. The van der Waals surface area contributed by atoms with E-state index in [2.05, 4.69) is 187 Å². The molecule has 0 unspecified atom stereocenters. The predicted molar refractivity (Wildman–Crippen MR) is 240 cm³/mol. The number of benzene rings is 9. The smallest absolute Gasteiger partial charge is 0.160 e. The van der Waals surface area contributed by atoms with Gasteiger partial charge in [-0.3, -0.25) is 0 Å². The second-order valence-electron chi connectivity index (χ2n) is 15.0. The van der Waals surface area contributed by atoms with E-state index < -0.39 is 0 Å². The van der Waals surface area contributed by atoms with Gasteiger partial charge < -0.3 is 8.98 Å². The van der Waals surface area contributed by atoms with Gasteiger partial charge in [0.2, 0.25) is 0 Å². The van der Waals surface area contributed by atoms with Crippen molar-refractivity contribution in [3.63, 3.8) is 0 Å². The zero-order valence-electron chi connectivity index (χ0n) is 31.3. The Morgan fingerprint density at radius 3 is 1.71 bits per heavy atom. The second kappa shape index (κ2) is 12.9. The SMILES string of the molecule is c1ccc(-c2cc(-c3ccc4oc5ccccc5c4c3)nc(-c3cc(-c4cc5ccccc5c5ccccc45)cc(-n4c5ccccc5c5ccccc54)c3)n2)cc1. The van der Waals surface area contributed by atoms with Crippen LogP contribution in [0.15, 0.2) is 205 Å². The molecule has 0 saturated carbocycles. The molecular formula is C54H33N3O. The van der Waals surface area contributed by atoms with Crippen molar-refractivity contribution in [2.75, 3.05) is 0 Å². The van der Waals surface area contributed by atoms with E-state index in [0.29, 0.717) is 5.82 Å². The minimum Gasteiger partial charge on any atom is -0.456 e. The van der Waals surface area contributed by atoms with Crippen LogP contribution >= 0.6 is 0 Å². The molecule has 3 heterocycles. The van der Waals surface area contributed by atoms with Gasteiger partial charge in [-0.05, 0) is 99.4 Å². The molecule has 4 heteroatoms. The molecule has 0 fully saturated rings. The van der Waals surface area contributed by atoms with Crippen LogP contribution in [-0.2, 0) is 0 Å². The summed E-state index contributed by atoms with van der Waals surface area (Å²) < 4.78 is 8.61. The number of hydrogen-bond acceptors (Lipinski definition) is 3. The molecule has 0 amide bonds. The van der Waals surface area contributed by atoms with Crippen LogP contribution in [0.2, 0.25) is 0 Å². The fourth-order valence-electron chi connectivity index (χ4n) is 8.89. The lowest BCUT2D eigenvalue weighted by Gasteiger charge is -2.16. The molecule has 0 radical (unpaired) electrons. The Kier molecular flexibility index (Phi) is 7.20. The van der Waals surface area contributed by atoms with E-state index in [1.807, 2.05) is 18.2 Å². The van der Waals surface area contributed by atoms with Crippen molar-refractivity contribution in [2.45, 2.75) is 0 Å². The van der Waals surface area contributed by atoms with Crippen molar-refractivity contribution in [1.82, 2.24) is 14.5 Å². The van der Waals surface area contributed by atoms with Crippen molar-refractivity contribution in [1.29, 1.82) is 0 Å². The molecule has 4 nitrogen and oxygen atoms in total. The van der Waals surface area contributed by atoms with E-state index in [1.165, 1.54) is 32.3 Å². The largest absolute Gasteiger partial charge is 0.456 e. The number of furan rings is 1. The van der Waals surface area contributed by atoms with E-state index >= 15 is 0 Å². The average Bonchev–Trinajstić information content (AvgIpc) is 3.84. The summed E-state index contributed by atoms with van der Waals surface area (Å²) in [5.41, 5.74) is 12.0. The Balaban J connectivity index is 1.16. The summed E-state index contributed by atoms with van der Waals surface area (Å²) in [6, 6.07) is 71.0. The lowest BCUT2D eigenvalue weighted by molar-refractivity contribution is 0.669. The minimum absolute atomic E-state index is 0.655. The molecule has 9 aromatic carbocycles. The summed E-state index contributed by atoms with van der Waals surface area (Å²) in [7, 11) is 0. The summed E-state index contributed by atoms with van der Waals surface area (Å²) in [5, 5.41) is 9.45. The van der Waals surface area contributed by atoms with Crippen molar-refractivity contribution in [2.24, 2.45) is 0 Å². The Bertz CT molecular complexity index is 3520. The quantitative estimate of drug-likeness (QED) is 0.165. The molecule has 0 bridgehead atoms. The third-order valence-corrected chi connectivity index (χ3v) is 11.6. The Morgan fingerprint density at radius 2 is 0.931 bits per heavy atom. The zero-order chi connectivity index (χ0) is 38.2. The number of aromatic nitrogens is 3. The van der Waals surface area contributed by atoms with Crippen LogP contribution in [0.1, 0.15) is 0 Å². The van der Waals surface area contributed by atoms with Crippen molar-refractivity contribution < 1.29 is 4.42 Å². The summed E-state index contributed by atoms with van der Waals surface area (Å²) in [5.74, 6) is 0.655. The van der Waals surface area contributed by atoms with Gasteiger partial charge in [-0.2, -0.15) is 0 Å². The standard InChI is InChI=1S/C54H33N3O/c1-2-14-34(15-3-1)48-33-49(36-26-27-53-47(32-36)45-22-10-13-25-52(45)58-53)56-54(55-48)38-28-37(46-31-35-16-4-5-17-40(35)41-18-6-7-19-42(41)46)29-39(30-38)57-50-23-11-8-20-43(50)44-21-9-12-24-51(44)57/h1-33H. The maximum Gasteiger partial charge on any atom is 0.160 e. The Labute approximate surface area is 333 Å². The summed E-state index contributed by atoms with van der Waals surface area (Å²) in [6.45, 7) is 0. The first kappa shape index (κ1) is 32.4. The minimum atomic E-state index is 0.655. The van der Waals surface area contributed by atoms with E-state index in [4.69, 9.17) is 14.4 Å². The van der Waals surface area contributed by atoms with Gasteiger partial charge in [0.05, 0.1) is 22.4 Å². The highest BCUT2D eigenvalue weighted by atomic mass is 16.3. The molecule has 0 spiro atoms. The first-order valence-corrected chi connectivity index (χ1v) is 19.6. The molecule has 0 saturated heterocycles. The van der Waals surface area contributed by atoms with Crippen LogP contribution < -0.4 is 0 Å². The fourth-order valence-corrected chi connectivity index (χ4v) is 8.89. The van der Waals surface area contributed by atoms with Crippen molar-refractivity contribution in [3.05, 3.63) is 200 Å². The number of fused-ring (bicyclic) bond motifs is 9. The summed E-state index contributed by atoms with van der Waals surface area (Å²) in [6.07, 6.45) is 0. The van der Waals surface area contributed by atoms with Gasteiger partial charge in [0.1, 0.15) is 11.2 Å². The topological polar surface area (TPSA) is 43.9 Å². The number of rotatable bonds is 5. The molecule has 12 rings (SSSR count). The molecular weight excluding hydrogens is 707 g/mol. The Hall–Kier alpha value is -7.82. The predicted octanol–water partition coefficient (Wildman–Crippen LogP) is 14.4. The molecule has 0 N–H and O–H groups in total. The van der Waals surface area contributed by atoms with Crippen LogP contribution in [-0.4, -0.2) is 14.5 Å². The molecule has 58 heavy (non-hydrogen) atoms. The maximum atomic E-state index is 6.22. The van der Waals surface area contributed by atoms with Crippen LogP contribution in [0.5, 0.6) is 0 Å². The Morgan fingerprint density at radius 1 is 0.345 bits per heavy atom. The van der Waals surface area contributed by atoms with Gasteiger partial charge in [0.25, 0.3) is 0 Å². The van der Waals surface area contributed by atoms with Gasteiger partial charge in [0, 0.05) is 43.9 Å². The van der Waals surface area contributed by atoms with Crippen molar-refractivity contribution in [3.8, 4) is 50.7 Å². The molecule has 12 aromatic rings. The van der Waals surface area contributed by atoms with Crippen molar-refractivity contribution >= 4 is 65.3 Å². The molecule has 0 atom stereocenters. The number of hydrogen-bond donors (Lipinski definition) is 0. The van der Waals surface area contributed by atoms with E-state index in [0.717, 1.165) is 77.9 Å². The van der Waals surface area contributed by atoms with Gasteiger partial charge >= 0.3 is 0 Å². The van der Waals surface area contributed by atoms with E-state index in [-0.39, 0.29) is 0 Å². The van der Waals surface area contributed by atoms with Crippen LogP contribution in [0.4, 0.5) is 0 Å². The van der Waals surface area contributed by atoms with Gasteiger partial charge in [-0.1, -0.05) is 133 Å². The number of para-hydroxylation sites is 3. The lowest BCUT2D eigenvalue weighted by Crippen LogP contribution is -1.99. The normalized spacial score (nSPS) is 11.8. The van der Waals surface area contributed by atoms with E-state index in [1.54, 1.807) is 0 Å². The van der Waals surface area contributed by atoms with E-state index in [9.17, 15) is 0 Å². The molecule has 0 aliphatic carbocycles. The fraction of sp³-hybridized carbons (Fsp3) is 0. The lowest BCUT2D eigenvalue weighted by atomic mass is 9.92. The molecule has 270 valence electrons. The van der Waals surface area contributed by atoms with Crippen LogP contribution in [0.25, 0.3) is 116 Å². The molecule has 3 aromatic heterocycles. The van der Waals surface area contributed by atoms with Gasteiger partial charge in [-0.25, -0.2) is 9.97 Å².